The molecular formula is C17H18ClNO3S. The zero-order chi connectivity index (χ0) is 16.7. The maximum atomic E-state index is 13.0. The van der Waals surface area contributed by atoms with Crippen LogP contribution in [0.2, 0.25) is 5.02 Å². The van der Waals surface area contributed by atoms with Crippen molar-refractivity contribution in [2.75, 3.05) is 13.7 Å². The number of halogens is 1. The Hall–Kier alpha value is -1.40. The Morgan fingerprint density at radius 1 is 1.13 bits per heavy atom. The van der Waals surface area contributed by atoms with Crippen LogP contribution < -0.4 is 5.73 Å². The number of ether oxygens (including phenoxy) is 1. The molecule has 0 radical (unpaired) electrons. The van der Waals surface area contributed by atoms with E-state index in [1.54, 1.807) is 42.5 Å². The van der Waals surface area contributed by atoms with Crippen LogP contribution in [0.15, 0.2) is 59.5 Å². The average molecular weight is 352 g/mol. The predicted molar refractivity (Wildman–Crippen MR) is 90.4 cm³/mol. The number of methoxy groups -OCH3 is 1. The van der Waals surface area contributed by atoms with Gasteiger partial charge in [-0.25, -0.2) is 8.42 Å². The molecule has 2 aromatic carbocycles. The molecule has 122 valence electrons. The van der Waals surface area contributed by atoms with Crippen molar-refractivity contribution in [3.63, 3.8) is 0 Å². The van der Waals surface area contributed by atoms with Crippen molar-refractivity contribution in [2.24, 2.45) is 5.73 Å². The Kier molecular flexibility index (Phi) is 4.23. The fourth-order valence-electron chi connectivity index (χ4n) is 3.22. The molecule has 3 atom stereocenters. The highest BCUT2D eigenvalue weighted by Crippen LogP contribution is 2.55. The van der Waals surface area contributed by atoms with Crippen molar-refractivity contribution in [1.29, 1.82) is 0 Å². The molecule has 0 aliphatic heterocycles. The third-order valence-electron chi connectivity index (χ3n) is 4.33. The highest BCUT2D eigenvalue weighted by molar-refractivity contribution is 7.92. The summed E-state index contributed by atoms with van der Waals surface area (Å²) in [6.45, 7) is 0.178. The van der Waals surface area contributed by atoms with Crippen LogP contribution in [0.25, 0.3) is 0 Å². The molecule has 6 heteroatoms. The zero-order valence-corrected chi connectivity index (χ0v) is 14.2. The summed E-state index contributed by atoms with van der Waals surface area (Å²) in [4.78, 5) is 0.285. The van der Waals surface area contributed by atoms with Crippen LogP contribution in [0.4, 0.5) is 0 Å². The predicted octanol–water partition coefficient (Wildman–Crippen LogP) is 2.62. The molecular weight excluding hydrogens is 334 g/mol. The first kappa shape index (κ1) is 16.5. The highest BCUT2D eigenvalue weighted by Gasteiger charge is 2.69. The minimum Gasteiger partial charge on any atom is -0.383 e. The van der Waals surface area contributed by atoms with Crippen molar-refractivity contribution in [1.82, 2.24) is 0 Å². The first-order chi connectivity index (χ1) is 10.9. The smallest absolute Gasteiger partial charge is 0.183 e. The van der Waals surface area contributed by atoms with Crippen molar-refractivity contribution < 1.29 is 13.2 Å². The van der Waals surface area contributed by atoms with Crippen LogP contribution in [-0.4, -0.2) is 32.9 Å². The second-order valence-electron chi connectivity index (χ2n) is 5.85. The molecule has 1 aliphatic carbocycles. The van der Waals surface area contributed by atoms with Crippen LogP contribution >= 0.6 is 11.6 Å². The first-order valence-corrected chi connectivity index (χ1v) is 9.16. The second kappa shape index (κ2) is 5.91. The third kappa shape index (κ3) is 2.78. The molecule has 0 unspecified atom stereocenters. The molecule has 2 N–H and O–H groups in total. The summed E-state index contributed by atoms with van der Waals surface area (Å²) in [5, 5.41) is -0.107. The molecule has 0 spiro atoms. The van der Waals surface area contributed by atoms with Gasteiger partial charge in [0.05, 0.1) is 22.3 Å². The molecule has 3 rings (SSSR count). The van der Waals surface area contributed by atoms with E-state index in [9.17, 15) is 8.42 Å². The SMILES string of the molecule is COC[C@]1(N)[C@H](c2ccc(Cl)cc2)[C@H]1S(=O)(=O)c1ccccc1. The minimum atomic E-state index is -3.54. The Bertz CT molecular complexity index is 792. The van der Waals surface area contributed by atoms with Gasteiger partial charge in [-0.05, 0) is 29.8 Å². The molecule has 0 amide bonds. The van der Waals surface area contributed by atoms with E-state index in [-0.39, 0.29) is 17.4 Å². The molecule has 1 aliphatic rings. The van der Waals surface area contributed by atoms with E-state index in [1.807, 2.05) is 12.1 Å². The number of rotatable bonds is 5. The van der Waals surface area contributed by atoms with Crippen LogP contribution in [-0.2, 0) is 14.6 Å². The Morgan fingerprint density at radius 2 is 1.74 bits per heavy atom. The number of hydrogen-bond acceptors (Lipinski definition) is 4. The number of sulfone groups is 1. The Labute approximate surface area is 141 Å². The summed E-state index contributed by atoms with van der Waals surface area (Å²) < 4.78 is 31.1. The molecule has 23 heavy (non-hydrogen) atoms. The fraction of sp³-hybridized carbons (Fsp3) is 0.294. The van der Waals surface area contributed by atoms with Gasteiger partial charge in [0.25, 0.3) is 0 Å². The lowest BCUT2D eigenvalue weighted by Gasteiger charge is -2.11. The molecule has 1 saturated carbocycles. The lowest BCUT2D eigenvalue weighted by Crippen LogP contribution is -2.35. The number of nitrogens with two attached hydrogens (primary N) is 1. The second-order valence-corrected chi connectivity index (χ2v) is 8.36. The quantitative estimate of drug-likeness (QED) is 0.899. The van der Waals surface area contributed by atoms with E-state index in [0.717, 1.165) is 5.56 Å². The third-order valence-corrected chi connectivity index (χ3v) is 6.89. The van der Waals surface area contributed by atoms with E-state index < -0.39 is 20.6 Å². The van der Waals surface area contributed by atoms with Gasteiger partial charge >= 0.3 is 0 Å². The first-order valence-electron chi connectivity index (χ1n) is 7.23. The van der Waals surface area contributed by atoms with E-state index in [4.69, 9.17) is 22.1 Å². The number of hydrogen-bond donors (Lipinski definition) is 1. The normalized spacial score (nSPS) is 26.9. The van der Waals surface area contributed by atoms with Crippen LogP contribution in [0.1, 0.15) is 11.5 Å². The molecule has 4 nitrogen and oxygen atoms in total. The summed E-state index contributed by atoms with van der Waals surface area (Å²) in [6, 6.07) is 15.5. The minimum absolute atomic E-state index is 0.178. The molecule has 0 bridgehead atoms. The zero-order valence-electron chi connectivity index (χ0n) is 12.6. The summed E-state index contributed by atoms with van der Waals surface area (Å²) in [5.41, 5.74) is 6.33. The highest BCUT2D eigenvalue weighted by atomic mass is 35.5. The Balaban J connectivity index is 2.01. The van der Waals surface area contributed by atoms with Gasteiger partial charge in [0.15, 0.2) is 9.84 Å². The van der Waals surface area contributed by atoms with E-state index >= 15 is 0 Å². The summed E-state index contributed by atoms with van der Waals surface area (Å²) in [7, 11) is -2.02. The lowest BCUT2D eigenvalue weighted by molar-refractivity contribution is 0.171. The molecule has 0 saturated heterocycles. The van der Waals surface area contributed by atoms with E-state index in [1.165, 1.54) is 7.11 Å². The van der Waals surface area contributed by atoms with Crippen LogP contribution in [0.3, 0.4) is 0 Å². The van der Waals surface area contributed by atoms with Gasteiger partial charge in [0.2, 0.25) is 0 Å². The number of benzene rings is 2. The molecule has 1 fully saturated rings. The van der Waals surface area contributed by atoms with Gasteiger partial charge in [0, 0.05) is 18.1 Å². The van der Waals surface area contributed by atoms with Gasteiger partial charge in [0.1, 0.15) is 0 Å². The monoisotopic (exact) mass is 351 g/mol. The van der Waals surface area contributed by atoms with E-state index in [2.05, 4.69) is 0 Å². The molecule has 0 aromatic heterocycles. The van der Waals surface area contributed by atoms with Crippen LogP contribution in [0.5, 0.6) is 0 Å². The summed E-state index contributed by atoms with van der Waals surface area (Å²) in [6.07, 6.45) is 0. The van der Waals surface area contributed by atoms with E-state index in [0.29, 0.717) is 5.02 Å². The lowest BCUT2D eigenvalue weighted by atomic mass is 10.1. The van der Waals surface area contributed by atoms with Gasteiger partial charge in [-0.1, -0.05) is 41.9 Å². The molecule has 0 heterocycles. The Morgan fingerprint density at radius 3 is 2.30 bits per heavy atom. The average Bonchev–Trinajstić information content (AvgIpc) is 3.15. The van der Waals surface area contributed by atoms with Crippen molar-refractivity contribution in [3.8, 4) is 0 Å². The summed E-state index contributed by atoms with van der Waals surface area (Å²) in [5.74, 6) is -0.315. The maximum Gasteiger partial charge on any atom is 0.183 e. The fourth-order valence-corrected chi connectivity index (χ4v) is 5.66. The topological polar surface area (TPSA) is 69.4 Å². The molecule has 2 aromatic rings. The van der Waals surface area contributed by atoms with Crippen molar-refractivity contribution in [3.05, 3.63) is 65.2 Å². The standard InChI is InChI=1S/C17H18ClNO3S/c1-22-11-17(19)15(12-7-9-13(18)10-8-12)16(17)23(20,21)14-5-3-2-4-6-14/h2-10,15-16H,11,19H2,1H3/t15-,16-,17+/m1/s1. The van der Waals surface area contributed by atoms with Gasteiger partial charge in [-0.15, -0.1) is 0 Å². The van der Waals surface area contributed by atoms with Crippen molar-refractivity contribution >= 4 is 21.4 Å². The maximum absolute atomic E-state index is 13.0. The summed E-state index contributed by atoms with van der Waals surface area (Å²) >= 11 is 5.92. The van der Waals surface area contributed by atoms with Gasteiger partial charge in [-0.3, -0.25) is 0 Å². The largest absolute Gasteiger partial charge is 0.383 e. The van der Waals surface area contributed by atoms with Gasteiger partial charge < -0.3 is 10.5 Å². The van der Waals surface area contributed by atoms with Crippen LogP contribution in [0, 0.1) is 0 Å². The van der Waals surface area contributed by atoms with Crippen molar-refractivity contribution in [2.45, 2.75) is 21.6 Å². The van der Waals surface area contributed by atoms with Gasteiger partial charge in [-0.2, -0.15) is 0 Å².